The number of nitrogens with zero attached hydrogens (tertiary/aromatic N) is 1. The number of likely N-dealkylation sites (N-methyl/N-ethyl adjacent to an activating group) is 1. The van der Waals surface area contributed by atoms with E-state index in [0.717, 1.165) is 12.8 Å². The van der Waals surface area contributed by atoms with Crippen molar-refractivity contribution in [2.24, 2.45) is 11.7 Å². The second-order valence-corrected chi connectivity index (χ2v) is 4.97. The molecule has 94 valence electrons. The average Bonchev–Trinajstić information content (AvgIpc) is 3.13. The maximum absolute atomic E-state index is 13.6. The molecule has 3 nitrogen and oxygen atoms in total. The Labute approximate surface area is 101 Å². The molecule has 0 aliphatic heterocycles. The molecule has 1 aliphatic carbocycles. The normalized spacial score (nSPS) is 18.8. The Balaban J connectivity index is 2.10. The zero-order chi connectivity index (χ0) is 12.5. The van der Waals surface area contributed by atoms with Gasteiger partial charge in [0.25, 0.3) is 0 Å². The summed E-state index contributed by atoms with van der Waals surface area (Å²) in [4.78, 5) is 1.78. The van der Waals surface area contributed by atoms with Gasteiger partial charge in [-0.2, -0.15) is 0 Å². The summed E-state index contributed by atoms with van der Waals surface area (Å²) in [5, 5.41) is 9.42. The van der Waals surface area contributed by atoms with Crippen LogP contribution in [0.5, 0.6) is 0 Å². The smallest absolute Gasteiger partial charge is 0.146 e. The summed E-state index contributed by atoms with van der Waals surface area (Å²) in [6.07, 6.45) is 2.12. The van der Waals surface area contributed by atoms with Crippen LogP contribution in [0.1, 0.15) is 12.8 Å². The van der Waals surface area contributed by atoms with Gasteiger partial charge in [-0.05, 0) is 30.9 Å². The molecule has 0 aromatic heterocycles. The van der Waals surface area contributed by atoms with Crippen molar-refractivity contribution >= 4 is 5.69 Å². The number of nitrogens with two attached hydrogens (primary N) is 1. The van der Waals surface area contributed by atoms with Crippen molar-refractivity contribution in [2.75, 3.05) is 25.1 Å². The van der Waals surface area contributed by atoms with E-state index in [9.17, 15) is 9.50 Å². The van der Waals surface area contributed by atoms with E-state index in [1.54, 1.807) is 30.1 Å². The minimum atomic E-state index is -0.614. The van der Waals surface area contributed by atoms with Crippen LogP contribution in [-0.2, 0) is 0 Å². The van der Waals surface area contributed by atoms with Crippen LogP contribution in [0.4, 0.5) is 10.1 Å². The molecule has 0 amide bonds. The number of aliphatic hydroxyl groups is 1. The third-order valence-corrected chi connectivity index (χ3v) is 3.48. The molecular weight excluding hydrogens is 219 g/mol. The SMILES string of the molecule is CN(CC(N)(CO)C1CC1)c1ccccc1F. The number of hydrogen-bond acceptors (Lipinski definition) is 3. The van der Waals surface area contributed by atoms with E-state index in [2.05, 4.69) is 0 Å². The fourth-order valence-electron chi connectivity index (χ4n) is 2.25. The molecule has 4 heteroatoms. The summed E-state index contributed by atoms with van der Waals surface area (Å²) in [5.41, 5.74) is 6.09. The van der Waals surface area contributed by atoms with Crippen LogP contribution in [-0.4, -0.2) is 30.8 Å². The first kappa shape index (κ1) is 12.3. The van der Waals surface area contributed by atoms with Crippen LogP contribution in [0.25, 0.3) is 0 Å². The van der Waals surface area contributed by atoms with Crippen molar-refractivity contribution < 1.29 is 9.50 Å². The molecule has 0 bridgehead atoms. The van der Waals surface area contributed by atoms with Gasteiger partial charge in [0.1, 0.15) is 5.82 Å². The van der Waals surface area contributed by atoms with Crippen LogP contribution >= 0.6 is 0 Å². The molecule has 3 N–H and O–H groups in total. The molecule has 0 spiro atoms. The topological polar surface area (TPSA) is 49.5 Å². The number of rotatable bonds is 5. The first-order valence-corrected chi connectivity index (χ1v) is 5.92. The summed E-state index contributed by atoms with van der Waals surface area (Å²) >= 11 is 0. The highest BCUT2D eigenvalue weighted by molar-refractivity contribution is 5.47. The Kier molecular flexibility index (Phi) is 3.35. The highest BCUT2D eigenvalue weighted by Gasteiger charge is 2.42. The van der Waals surface area contributed by atoms with Crippen molar-refractivity contribution in [3.05, 3.63) is 30.1 Å². The lowest BCUT2D eigenvalue weighted by Crippen LogP contribution is -2.54. The van der Waals surface area contributed by atoms with E-state index in [0.29, 0.717) is 18.2 Å². The van der Waals surface area contributed by atoms with E-state index in [1.807, 2.05) is 0 Å². The molecule has 2 rings (SSSR count). The molecule has 1 saturated carbocycles. The number of halogens is 1. The predicted octanol–water partition coefficient (Wildman–Crippen LogP) is 1.36. The standard InChI is InChI=1S/C13H19FN2O/c1-16(12-5-3-2-4-11(12)14)8-13(15,9-17)10-6-7-10/h2-5,10,17H,6-9,15H2,1H3. The van der Waals surface area contributed by atoms with Crippen molar-refractivity contribution in [3.63, 3.8) is 0 Å². The second-order valence-electron chi connectivity index (χ2n) is 4.97. The maximum Gasteiger partial charge on any atom is 0.146 e. The molecule has 1 atom stereocenters. The van der Waals surface area contributed by atoms with E-state index in [1.165, 1.54) is 6.07 Å². The maximum atomic E-state index is 13.6. The lowest BCUT2D eigenvalue weighted by atomic mass is 9.95. The zero-order valence-electron chi connectivity index (χ0n) is 10.1. The fourth-order valence-corrected chi connectivity index (χ4v) is 2.25. The lowest BCUT2D eigenvalue weighted by Gasteiger charge is -2.33. The lowest BCUT2D eigenvalue weighted by molar-refractivity contribution is 0.180. The number of benzene rings is 1. The first-order chi connectivity index (χ1) is 8.07. The summed E-state index contributed by atoms with van der Waals surface area (Å²) in [6.45, 7) is 0.408. The molecule has 1 aromatic carbocycles. The van der Waals surface area contributed by atoms with Crippen LogP contribution in [0, 0.1) is 11.7 Å². The summed E-state index contributed by atoms with van der Waals surface area (Å²) in [7, 11) is 1.80. The van der Waals surface area contributed by atoms with Crippen molar-refractivity contribution in [2.45, 2.75) is 18.4 Å². The molecule has 0 radical (unpaired) electrons. The van der Waals surface area contributed by atoms with E-state index >= 15 is 0 Å². The number of para-hydroxylation sites is 1. The molecule has 17 heavy (non-hydrogen) atoms. The van der Waals surface area contributed by atoms with E-state index in [-0.39, 0.29) is 12.4 Å². The Morgan fingerprint density at radius 2 is 2.12 bits per heavy atom. The van der Waals surface area contributed by atoms with Crippen LogP contribution in [0.15, 0.2) is 24.3 Å². The highest BCUT2D eigenvalue weighted by Crippen LogP contribution is 2.38. The van der Waals surface area contributed by atoms with Gasteiger partial charge in [0.15, 0.2) is 0 Å². The zero-order valence-corrected chi connectivity index (χ0v) is 10.1. The molecule has 0 heterocycles. The van der Waals surface area contributed by atoms with Gasteiger partial charge in [-0.25, -0.2) is 4.39 Å². The fraction of sp³-hybridized carbons (Fsp3) is 0.538. The van der Waals surface area contributed by atoms with Gasteiger partial charge < -0.3 is 15.7 Å². The van der Waals surface area contributed by atoms with Gasteiger partial charge in [0, 0.05) is 13.6 Å². The van der Waals surface area contributed by atoms with E-state index in [4.69, 9.17) is 5.73 Å². The number of hydrogen-bond donors (Lipinski definition) is 2. The highest BCUT2D eigenvalue weighted by atomic mass is 19.1. The minimum Gasteiger partial charge on any atom is -0.394 e. The summed E-state index contributed by atoms with van der Waals surface area (Å²) in [5.74, 6) is 0.104. The summed E-state index contributed by atoms with van der Waals surface area (Å²) < 4.78 is 13.6. The second kappa shape index (κ2) is 4.63. The van der Waals surface area contributed by atoms with Crippen LogP contribution in [0.2, 0.25) is 0 Å². The Bertz CT molecular complexity index is 395. The van der Waals surface area contributed by atoms with Crippen LogP contribution in [0.3, 0.4) is 0 Å². The van der Waals surface area contributed by atoms with Gasteiger partial charge in [0.2, 0.25) is 0 Å². The molecule has 1 unspecified atom stereocenters. The molecule has 1 fully saturated rings. The quantitative estimate of drug-likeness (QED) is 0.814. The molecular formula is C13H19FN2O. The third kappa shape index (κ3) is 2.58. The number of aliphatic hydroxyl groups excluding tert-OH is 1. The van der Waals surface area contributed by atoms with Crippen molar-refractivity contribution in [3.8, 4) is 0 Å². The third-order valence-electron chi connectivity index (χ3n) is 3.48. The minimum absolute atomic E-state index is 0.0591. The van der Waals surface area contributed by atoms with Crippen molar-refractivity contribution in [1.29, 1.82) is 0 Å². The Morgan fingerprint density at radius 3 is 2.65 bits per heavy atom. The van der Waals surface area contributed by atoms with Gasteiger partial charge in [-0.3, -0.25) is 0 Å². The van der Waals surface area contributed by atoms with E-state index < -0.39 is 5.54 Å². The van der Waals surface area contributed by atoms with Crippen molar-refractivity contribution in [1.82, 2.24) is 0 Å². The van der Waals surface area contributed by atoms with Gasteiger partial charge >= 0.3 is 0 Å². The van der Waals surface area contributed by atoms with Gasteiger partial charge in [-0.1, -0.05) is 12.1 Å². The van der Waals surface area contributed by atoms with Gasteiger partial charge in [-0.15, -0.1) is 0 Å². The monoisotopic (exact) mass is 238 g/mol. The molecule has 0 saturated heterocycles. The largest absolute Gasteiger partial charge is 0.394 e. The number of anilines is 1. The Hall–Kier alpha value is -1.13. The summed E-state index contributed by atoms with van der Waals surface area (Å²) in [6, 6.07) is 6.61. The molecule has 1 aliphatic rings. The van der Waals surface area contributed by atoms with Crippen LogP contribution < -0.4 is 10.6 Å². The Morgan fingerprint density at radius 1 is 1.47 bits per heavy atom. The van der Waals surface area contributed by atoms with Gasteiger partial charge in [0.05, 0.1) is 17.8 Å². The predicted molar refractivity (Wildman–Crippen MR) is 66.4 cm³/mol. The molecule has 1 aromatic rings. The first-order valence-electron chi connectivity index (χ1n) is 5.92. The average molecular weight is 238 g/mol.